The topological polar surface area (TPSA) is 64.6 Å². The van der Waals surface area contributed by atoms with Gasteiger partial charge in [0, 0.05) is 6.42 Å². The lowest BCUT2D eigenvalue weighted by Crippen LogP contribution is -2.38. The van der Waals surface area contributed by atoms with Crippen LogP contribution in [0.2, 0.25) is 0 Å². The van der Waals surface area contributed by atoms with Gasteiger partial charge in [-0.1, -0.05) is 6.92 Å². The molecule has 0 aliphatic rings. The Labute approximate surface area is 90.1 Å². The molecule has 0 rings (SSSR count). The molecule has 0 radical (unpaired) electrons. The van der Waals surface area contributed by atoms with Gasteiger partial charge in [0.2, 0.25) is 0 Å². The standard InChI is InChI=1S/C10H19NO4/c1-4-7-11-8(10(13)15-3)5-6-9(12)14-2/h8,11H,4-7H2,1-3H3. The van der Waals surface area contributed by atoms with E-state index in [2.05, 4.69) is 14.8 Å². The van der Waals surface area contributed by atoms with Crippen LogP contribution in [0.5, 0.6) is 0 Å². The number of hydrogen-bond acceptors (Lipinski definition) is 5. The van der Waals surface area contributed by atoms with Crippen molar-refractivity contribution in [2.45, 2.75) is 32.2 Å². The summed E-state index contributed by atoms with van der Waals surface area (Å²) in [6.45, 7) is 2.72. The van der Waals surface area contributed by atoms with Gasteiger partial charge in [0.05, 0.1) is 14.2 Å². The summed E-state index contributed by atoms with van der Waals surface area (Å²) in [4.78, 5) is 22.2. The third kappa shape index (κ3) is 6.06. The number of nitrogens with one attached hydrogen (secondary N) is 1. The molecule has 0 heterocycles. The Bertz CT molecular complexity index is 206. The maximum absolute atomic E-state index is 11.3. The third-order valence-corrected chi connectivity index (χ3v) is 1.99. The fourth-order valence-corrected chi connectivity index (χ4v) is 1.13. The summed E-state index contributed by atoms with van der Waals surface area (Å²) in [7, 11) is 2.66. The van der Waals surface area contributed by atoms with Gasteiger partial charge < -0.3 is 14.8 Å². The average molecular weight is 217 g/mol. The Morgan fingerprint density at radius 3 is 2.40 bits per heavy atom. The number of esters is 2. The van der Waals surface area contributed by atoms with Crippen LogP contribution in [0.3, 0.4) is 0 Å². The second kappa shape index (κ2) is 8.23. The van der Waals surface area contributed by atoms with Crippen LogP contribution in [0.4, 0.5) is 0 Å². The molecule has 0 fully saturated rings. The number of hydrogen-bond donors (Lipinski definition) is 1. The van der Waals surface area contributed by atoms with Crippen LogP contribution < -0.4 is 5.32 Å². The lowest BCUT2D eigenvalue weighted by Gasteiger charge is -2.15. The van der Waals surface area contributed by atoms with E-state index in [0.717, 1.165) is 13.0 Å². The number of rotatable bonds is 7. The van der Waals surface area contributed by atoms with Gasteiger partial charge in [-0.25, -0.2) is 0 Å². The molecule has 5 heteroatoms. The molecule has 0 spiro atoms. The van der Waals surface area contributed by atoms with E-state index >= 15 is 0 Å². The van der Waals surface area contributed by atoms with E-state index in [1.165, 1.54) is 14.2 Å². The van der Waals surface area contributed by atoms with Crippen LogP contribution in [0.25, 0.3) is 0 Å². The van der Waals surface area contributed by atoms with Gasteiger partial charge in [-0.05, 0) is 19.4 Å². The van der Waals surface area contributed by atoms with E-state index in [0.29, 0.717) is 6.42 Å². The number of carbonyl (C=O) groups excluding carboxylic acids is 2. The minimum absolute atomic E-state index is 0.215. The number of methoxy groups -OCH3 is 2. The molecule has 5 nitrogen and oxygen atoms in total. The van der Waals surface area contributed by atoms with Crippen LogP contribution in [0.1, 0.15) is 26.2 Å². The van der Waals surface area contributed by atoms with E-state index in [4.69, 9.17) is 0 Å². The minimum Gasteiger partial charge on any atom is -0.469 e. The average Bonchev–Trinajstić information content (AvgIpc) is 2.27. The van der Waals surface area contributed by atoms with Gasteiger partial charge in [0.25, 0.3) is 0 Å². The quantitative estimate of drug-likeness (QED) is 0.628. The van der Waals surface area contributed by atoms with Crippen LogP contribution in [0.15, 0.2) is 0 Å². The summed E-state index contributed by atoms with van der Waals surface area (Å²) in [6, 6.07) is -0.422. The van der Waals surface area contributed by atoms with Crippen LogP contribution >= 0.6 is 0 Å². The zero-order valence-corrected chi connectivity index (χ0v) is 9.54. The molecular weight excluding hydrogens is 198 g/mol. The summed E-state index contributed by atoms with van der Waals surface area (Å²) < 4.78 is 9.12. The van der Waals surface area contributed by atoms with Crippen LogP contribution in [0, 0.1) is 0 Å². The van der Waals surface area contributed by atoms with Gasteiger partial charge in [-0.2, -0.15) is 0 Å². The molecule has 1 atom stereocenters. The predicted octanol–water partition coefficient (Wildman–Crippen LogP) is 0.481. The molecule has 0 saturated heterocycles. The van der Waals surface area contributed by atoms with E-state index < -0.39 is 6.04 Å². The van der Waals surface area contributed by atoms with E-state index in [9.17, 15) is 9.59 Å². The Morgan fingerprint density at radius 2 is 1.93 bits per heavy atom. The van der Waals surface area contributed by atoms with Crippen molar-refractivity contribution in [2.75, 3.05) is 20.8 Å². The highest BCUT2D eigenvalue weighted by Crippen LogP contribution is 2.01. The molecule has 0 aliphatic heterocycles. The first kappa shape index (κ1) is 13.9. The van der Waals surface area contributed by atoms with Gasteiger partial charge in [0.15, 0.2) is 0 Å². The molecule has 88 valence electrons. The third-order valence-electron chi connectivity index (χ3n) is 1.99. The number of carbonyl (C=O) groups is 2. The first-order valence-corrected chi connectivity index (χ1v) is 5.03. The second-order valence-corrected chi connectivity index (χ2v) is 3.14. The molecule has 1 unspecified atom stereocenters. The molecule has 15 heavy (non-hydrogen) atoms. The normalized spacial score (nSPS) is 11.9. The van der Waals surface area contributed by atoms with Crippen molar-refractivity contribution in [1.29, 1.82) is 0 Å². The summed E-state index contributed by atoms with van der Waals surface area (Å²) in [5.41, 5.74) is 0. The first-order chi connectivity index (χ1) is 7.15. The maximum Gasteiger partial charge on any atom is 0.322 e. The van der Waals surface area contributed by atoms with Gasteiger partial charge in [-0.15, -0.1) is 0 Å². The Hall–Kier alpha value is -1.10. The van der Waals surface area contributed by atoms with Crippen molar-refractivity contribution >= 4 is 11.9 Å². The molecule has 0 saturated carbocycles. The lowest BCUT2D eigenvalue weighted by molar-refractivity contribution is -0.144. The molecule has 0 amide bonds. The van der Waals surface area contributed by atoms with Gasteiger partial charge in [0.1, 0.15) is 6.04 Å². The molecule has 0 aliphatic carbocycles. The summed E-state index contributed by atoms with van der Waals surface area (Å²) in [5.74, 6) is -0.658. The summed E-state index contributed by atoms with van der Waals surface area (Å²) in [6.07, 6.45) is 1.54. The highest BCUT2D eigenvalue weighted by molar-refractivity contribution is 5.77. The predicted molar refractivity (Wildman–Crippen MR) is 55.3 cm³/mol. The Kier molecular flexibility index (Phi) is 7.62. The Morgan fingerprint density at radius 1 is 1.27 bits per heavy atom. The summed E-state index contributed by atoms with van der Waals surface area (Å²) >= 11 is 0. The lowest BCUT2D eigenvalue weighted by atomic mass is 10.1. The highest BCUT2D eigenvalue weighted by Gasteiger charge is 2.19. The largest absolute Gasteiger partial charge is 0.469 e. The monoisotopic (exact) mass is 217 g/mol. The minimum atomic E-state index is -0.422. The fourth-order valence-electron chi connectivity index (χ4n) is 1.13. The molecule has 0 bridgehead atoms. The van der Waals surface area contributed by atoms with E-state index in [1.807, 2.05) is 6.92 Å². The fraction of sp³-hybridized carbons (Fsp3) is 0.800. The first-order valence-electron chi connectivity index (χ1n) is 5.03. The van der Waals surface area contributed by atoms with Crippen molar-refractivity contribution < 1.29 is 19.1 Å². The van der Waals surface area contributed by atoms with E-state index in [-0.39, 0.29) is 18.4 Å². The van der Waals surface area contributed by atoms with Crippen molar-refractivity contribution in [1.82, 2.24) is 5.32 Å². The van der Waals surface area contributed by atoms with Crippen molar-refractivity contribution in [3.05, 3.63) is 0 Å². The zero-order valence-electron chi connectivity index (χ0n) is 9.54. The molecular formula is C10H19NO4. The van der Waals surface area contributed by atoms with Gasteiger partial charge in [-0.3, -0.25) is 9.59 Å². The number of ether oxygens (including phenoxy) is 2. The van der Waals surface area contributed by atoms with Crippen molar-refractivity contribution in [3.63, 3.8) is 0 Å². The summed E-state index contributed by atoms with van der Waals surface area (Å²) in [5, 5.41) is 3.02. The smallest absolute Gasteiger partial charge is 0.322 e. The molecule has 0 aromatic heterocycles. The van der Waals surface area contributed by atoms with Crippen LogP contribution in [-0.2, 0) is 19.1 Å². The maximum atomic E-state index is 11.3. The van der Waals surface area contributed by atoms with Crippen molar-refractivity contribution in [3.8, 4) is 0 Å². The van der Waals surface area contributed by atoms with Crippen molar-refractivity contribution in [2.24, 2.45) is 0 Å². The molecule has 0 aromatic carbocycles. The Balaban J connectivity index is 4.00. The SMILES string of the molecule is CCCNC(CCC(=O)OC)C(=O)OC. The second-order valence-electron chi connectivity index (χ2n) is 3.14. The van der Waals surface area contributed by atoms with E-state index in [1.54, 1.807) is 0 Å². The highest BCUT2D eigenvalue weighted by atomic mass is 16.5. The molecule has 1 N–H and O–H groups in total. The van der Waals surface area contributed by atoms with Gasteiger partial charge >= 0.3 is 11.9 Å². The van der Waals surface area contributed by atoms with Crippen LogP contribution in [-0.4, -0.2) is 38.7 Å². The molecule has 0 aromatic rings. The zero-order chi connectivity index (χ0) is 11.7.